The second kappa shape index (κ2) is 9.81. The average Bonchev–Trinajstić information content (AvgIpc) is 2.90. The van der Waals surface area contributed by atoms with Crippen molar-refractivity contribution in [3.05, 3.63) is 12.2 Å². The number of ether oxygens (including phenoxy) is 1. The van der Waals surface area contributed by atoms with Crippen LogP contribution in [-0.2, 0) is 4.74 Å². The molecule has 0 saturated carbocycles. The van der Waals surface area contributed by atoms with Gasteiger partial charge in [-0.2, -0.15) is 0 Å². The highest BCUT2D eigenvalue weighted by Gasteiger charge is 2.14. The minimum atomic E-state index is 0.305. The highest BCUT2D eigenvalue weighted by atomic mass is 16.5. The van der Waals surface area contributed by atoms with Crippen molar-refractivity contribution >= 4 is 5.96 Å². The molecule has 2 N–H and O–H groups in total. The van der Waals surface area contributed by atoms with Crippen molar-refractivity contribution in [3.63, 3.8) is 0 Å². The predicted octanol–water partition coefficient (Wildman–Crippen LogP) is 2.71. The Balaban J connectivity index is 2.40. The maximum absolute atomic E-state index is 5.76. The third-order valence-electron chi connectivity index (χ3n) is 3.50. The molecule has 4 nitrogen and oxygen atoms in total. The third kappa shape index (κ3) is 6.42. The summed E-state index contributed by atoms with van der Waals surface area (Å²) in [4.78, 5) is 4.67. The van der Waals surface area contributed by atoms with Gasteiger partial charge in [0.15, 0.2) is 5.96 Å². The lowest BCUT2D eigenvalue weighted by Crippen LogP contribution is -2.42. The maximum Gasteiger partial charge on any atom is 0.191 e. The molecular weight excluding hydrogens is 250 g/mol. The first kappa shape index (κ1) is 17.0. The summed E-state index contributed by atoms with van der Waals surface area (Å²) in [6.07, 6.45) is 7.93. The van der Waals surface area contributed by atoms with E-state index in [0.29, 0.717) is 18.1 Å². The van der Waals surface area contributed by atoms with Gasteiger partial charge >= 0.3 is 0 Å². The van der Waals surface area contributed by atoms with E-state index < -0.39 is 0 Å². The molecule has 0 aromatic rings. The predicted molar refractivity (Wildman–Crippen MR) is 86.1 cm³/mol. The van der Waals surface area contributed by atoms with Crippen LogP contribution >= 0.6 is 0 Å². The van der Waals surface area contributed by atoms with E-state index in [4.69, 9.17) is 4.74 Å². The van der Waals surface area contributed by atoms with Crippen LogP contribution in [0, 0.1) is 5.92 Å². The van der Waals surface area contributed by atoms with E-state index in [1.807, 2.05) is 0 Å². The van der Waals surface area contributed by atoms with Crippen molar-refractivity contribution in [3.8, 4) is 0 Å². The van der Waals surface area contributed by atoms with Crippen LogP contribution < -0.4 is 10.6 Å². The number of guanidine groups is 1. The van der Waals surface area contributed by atoms with E-state index in [0.717, 1.165) is 44.9 Å². The van der Waals surface area contributed by atoms with Gasteiger partial charge in [0.1, 0.15) is 0 Å². The first-order valence-corrected chi connectivity index (χ1v) is 7.98. The molecule has 0 aliphatic heterocycles. The molecule has 0 aromatic heterocycles. The molecule has 0 heterocycles. The molecule has 0 bridgehead atoms. The van der Waals surface area contributed by atoms with Crippen molar-refractivity contribution in [1.82, 2.24) is 10.6 Å². The molecule has 0 radical (unpaired) electrons. The summed E-state index contributed by atoms with van der Waals surface area (Å²) in [7, 11) is 0. The lowest BCUT2D eigenvalue weighted by molar-refractivity contribution is 0.0266. The molecule has 1 unspecified atom stereocenters. The number of nitrogens with one attached hydrogen (secondary N) is 2. The monoisotopic (exact) mass is 281 g/mol. The smallest absolute Gasteiger partial charge is 0.191 e. The molecule has 0 fully saturated rings. The first-order valence-electron chi connectivity index (χ1n) is 7.98. The second-order valence-corrected chi connectivity index (χ2v) is 5.57. The average molecular weight is 281 g/mol. The molecule has 4 heteroatoms. The molecule has 0 saturated heterocycles. The first-order chi connectivity index (χ1) is 9.67. The lowest BCUT2D eigenvalue weighted by Gasteiger charge is -2.21. The fourth-order valence-electron chi connectivity index (χ4n) is 2.38. The van der Waals surface area contributed by atoms with Crippen LogP contribution in [0.5, 0.6) is 0 Å². The van der Waals surface area contributed by atoms with Gasteiger partial charge in [0.05, 0.1) is 6.10 Å². The normalized spacial score (nSPS) is 17.8. The van der Waals surface area contributed by atoms with Gasteiger partial charge in [0.2, 0.25) is 0 Å². The largest absolute Gasteiger partial charge is 0.378 e. The molecule has 1 atom stereocenters. The summed E-state index contributed by atoms with van der Waals surface area (Å²) >= 11 is 0. The third-order valence-corrected chi connectivity index (χ3v) is 3.50. The molecule has 1 aliphatic carbocycles. The minimum Gasteiger partial charge on any atom is -0.378 e. The summed E-state index contributed by atoms with van der Waals surface area (Å²) in [5.41, 5.74) is 0. The van der Waals surface area contributed by atoms with Gasteiger partial charge in [-0.25, -0.2) is 0 Å². The zero-order valence-corrected chi connectivity index (χ0v) is 13.5. The van der Waals surface area contributed by atoms with Crippen molar-refractivity contribution in [1.29, 1.82) is 0 Å². The fourth-order valence-corrected chi connectivity index (χ4v) is 2.38. The number of hydrogen-bond donors (Lipinski definition) is 2. The van der Waals surface area contributed by atoms with E-state index >= 15 is 0 Å². The van der Waals surface area contributed by atoms with Gasteiger partial charge in [-0.15, -0.1) is 0 Å². The summed E-state index contributed by atoms with van der Waals surface area (Å²) in [6, 6.07) is 0.501. The molecule has 20 heavy (non-hydrogen) atoms. The van der Waals surface area contributed by atoms with Crippen molar-refractivity contribution in [2.75, 3.05) is 19.7 Å². The number of aliphatic imine (C=N–C) groups is 1. The number of rotatable bonds is 8. The van der Waals surface area contributed by atoms with Gasteiger partial charge in [-0.3, -0.25) is 4.99 Å². The summed E-state index contributed by atoms with van der Waals surface area (Å²) < 4.78 is 5.76. The Bertz CT molecular complexity index is 305. The zero-order valence-electron chi connectivity index (χ0n) is 13.5. The Hall–Kier alpha value is -1.03. The number of nitrogens with zero attached hydrogens (tertiary/aromatic N) is 1. The van der Waals surface area contributed by atoms with Crippen LogP contribution in [0.1, 0.15) is 47.0 Å². The Kier molecular flexibility index (Phi) is 8.35. The highest BCUT2D eigenvalue weighted by Crippen LogP contribution is 2.11. The topological polar surface area (TPSA) is 45.7 Å². The zero-order chi connectivity index (χ0) is 14.8. The fraction of sp³-hybridized carbons (Fsp3) is 0.812. The molecule has 0 spiro atoms. The van der Waals surface area contributed by atoms with E-state index in [1.54, 1.807) is 0 Å². The molecule has 0 amide bonds. The van der Waals surface area contributed by atoms with E-state index in [9.17, 15) is 0 Å². The van der Waals surface area contributed by atoms with Crippen molar-refractivity contribution < 1.29 is 4.74 Å². The summed E-state index contributed by atoms with van der Waals surface area (Å²) in [6.45, 7) is 11.0. The quantitative estimate of drug-likeness (QED) is 0.408. The van der Waals surface area contributed by atoms with Crippen LogP contribution in [0.2, 0.25) is 0 Å². The second-order valence-electron chi connectivity index (χ2n) is 5.57. The van der Waals surface area contributed by atoms with Gasteiger partial charge < -0.3 is 15.4 Å². The summed E-state index contributed by atoms with van der Waals surface area (Å²) in [5, 5.41) is 6.80. The standard InChI is InChI=1S/C16H31N3O/c1-5-17-16(19-14-9-7-8-10-14)18-12-11-15(13(3)4)20-6-2/h7-8,13-15H,5-6,9-12H2,1-4H3,(H2,17,18,19). The Labute approximate surface area is 124 Å². The Morgan fingerprint density at radius 3 is 2.55 bits per heavy atom. The van der Waals surface area contributed by atoms with E-state index in [-0.39, 0.29) is 0 Å². The van der Waals surface area contributed by atoms with Gasteiger partial charge in [0, 0.05) is 25.7 Å². The minimum absolute atomic E-state index is 0.305. The van der Waals surface area contributed by atoms with Gasteiger partial charge in [-0.05, 0) is 39.0 Å². The summed E-state index contributed by atoms with van der Waals surface area (Å²) in [5.74, 6) is 1.47. The Morgan fingerprint density at radius 1 is 1.30 bits per heavy atom. The SMILES string of the molecule is CCNC(=NCCC(OCC)C(C)C)NC1CC=CC1. The molecule has 116 valence electrons. The molecule has 1 aliphatic rings. The Morgan fingerprint density at radius 2 is 2.00 bits per heavy atom. The van der Waals surface area contributed by atoms with Gasteiger partial charge in [-0.1, -0.05) is 26.0 Å². The van der Waals surface area contributed by atoms with Crippen LogP contribution in [-0.4, -0.2) is 37.8 Å². The van der Waals surface area contributed by atoms with Crippen molar-refractivity contribution in [2.45, 2.75) is 59.1 Å². The molecular formula is C16H31N3O. The van der Waals surface area contributed by atoms with Crippen LogP contribution in [0.3, 0.4) is 0 Å². The van der Waals surface area contributed by atoms with Gasteiger partial charge in [0.25, 0.3) is 0 Å². The van der Waals surface area contributed by atoms with Crippen molar-refractivity contribution in [2.24, 2.45) is 10.9 Å². The van der Waals surface area contributed by atoms with Crippen LogP contribution in [0.25, 0.3) is 0 Å². The maximum atomic E-state index is 5.76. The van der Waals surface area contributed by atoms with Crippen LogP contribution in [0.15, 0.2) is 17.1 Å². The van der Waals surface area contributed by atoms with E-state index in [2.05, 4.69) is 55.5 Å². The van der Waals surface area contributed by atoms with E-state index in [1.165, 1.54) is 0 Å². The highest BCUT2D eigenvalue weighted by molar-refractivity contribution is 5.80. The number of hydrogen-bond acceptors (Lipinski definition) is 2. The molecule has 1 rings (SSSR count). The lowest BCUT2D eigenvalue weighted by atomic mass is 10.0. The molecule has 0 aromatic carbocycles. The van der Waals surface area contributed by atoms with Crippen LogP contribution in [0.4, 0.5) is 0 Å².